The first-order valence-electron chi connectivity index (χ1n) is 10.3. The minimum atomic E-state index is -0.512. The van der Waals surface area contributed by atoms with E-state index in [0.717, 1.165) is 60.4 Å². The molecule has 0 N–H and O–H groups in total. The third-order valence-electron chi connectivity index (χ3n) is 6.48. The van der Waals surface area contributed by atoms with E-state index < -0.39 is 5.41 Å². The molecule has 152 valence electrons. The number of rotatable bonds is 4. The van der Waals surface area contributed by atoms with Crippen molar-refractivity contribution in [1.82, 2.24) is 14.7 Å². The Bertz CT molecular complexity index is 1000. The van der Waals surface area contributed by atoms with Crippen molar-refractivity contribution in [3.05, 3.63) is 63.3 Å². The van der Waals surface area contributed by atoms with Gasteiger partial charge in [-0.2, -0.15) is 16.9 Å². The van der Waals surface area contributed by atoms with E-state index in [0.29, 0.717) is 13.1 Å². The zero-order valence-electron chi connectivity index (χ0n) is 16.3. The lowest BCUT2D eigenvalue weighted by Crippen LogP contribution is -2.45. The van der Waals surface area contributed by atoms with Crippen LogP contribution in [0.3, 0.4) is 0 Å². The van der Waals surface area contributed by atoms with Gasteiger partial charge in [0.2, 0.25) is 5.91 Å². The molecule has 1 saturated carbocycles. The van der Waals surface area contributed by atoms with Crippen LogP contribution in [-0.2, 0) is 28.9 Å². The molecule has 5 rings (SSSR count). The predicted molar refractivity (Wildman–Crippen MR) is 110 cm³/mol. The van der Waals surface area contributed by atoms with Gasteiger partial charge in [0.05, 0.1) is 23.7 Å². The minimum Gasteiger partial charge on any atom is -0.337 e. The quantitative estimate of drug-likeness (QED) is 0.774. The molecule has 1 unspecified atom stereocenters. The number of likely N-dealkylation sites (tertiary alicyclic amines) is 1. The molecular formula is C22H24FN3O2S. The fourth-order valence-corrected chi connectivity index (χ4v) is 5.62. The summed E-state index contributed by atoms with van der Waals surface area (Å²) < 4.78 is 14.9. The molecule has 2 aromatic rings. The predicted octanol–water partition coefficient (Wildman–Crippen LogP) is 2.89. The Morgan fingerprint density at radius 1 is 1.28 bits per heavy atom. The monoisotopic (exact) mass is 413 g/mol. The molecule has 7 heteroatoms. The van der Waals surface area contributed by atoms with Crippen LogP contribution in [0.5, 0.6) is 0 Å². The summed E-state index contributed by atoms with van der Waals surface area (Å²) >= 11 is 1.83. The van der Waals surface area contributed by atoms with Crippen LogP contribution in [0, 0.1) is 5.82 Å². The molecule has 2 aliphatic heterocycles. The molecule has 1 aromatic heterocycles. The summed E-state index contributed by atoms with van der Waals surface area (Å²) in [4.78, 5) is 28.0. The lowest BCUT2D eigenvalue weighted by molar-refractivity contribution is -0.135. The van der Waals surface area contributed by atoms with Crippen LogP contribution >= 0.6 is 11.8 Å². The number of carbonyl (C=O) groups excluding carboxylic acids is 1. The second kappa shape index (κ2) is 7.27. The summed E-state index contributed by atoms with van der Waals surface area (Å²) in [6.07, 6.45) is 4.31. The molecule has 0 radical (unpaired) electrons. The Hall–Kier alpha value is -2.15. The molecule has 1 saturated heterocycles. The fourth-order valence-electron chi connectivity index (χ4n) is 4.67. The van der Waals surface area contributed by atoms with E-state index in [9.17, 15) is 14.0 Å². The van der Waals surface area contributed by atoms with Crippen LogP contribution < -0.4 is 5.56 Å². The number of nitrogens with zero attached hydrogens (tertiary/aromatic N) is 3. The maximum Gasteiger partial charge on any atom is 0.267 e. The number of fused-ring (bicyclic) bond motifs is 1. The summed E-state index contributed by atoms with van der Waals surface area (Å²) in [5, 5.41) is 4.63. The first-order valence-corrected chi connectivity index (χ1v) is 11.5. The lowest BCUT2D eigenvalue weighted by atomic mass is 9.94. The largest absolute Gasteiger partial charge is 0.337 e. The van der Waals surface area contributed by atoms with Gasteiger partial charge in [0.25, 0.3) is 5.56 Å². The molecule has 1 atom stereocenters. The lowest BCUT2D eigenvalue weighted by Gasteiger charge is -2.29. The van der Waals surface area contributed by atoms with Crippen molar-refractivity contribution < 1.29 is 9.18 Å². The first-order chi connectivity index (χ1) is 14.1. The molecule has 0 spiro atoms. The standard InChI is InChI=1S/C22H24FN3O2S/c23-17-5-3-16(4-6-17)22(8-9-22)21(28)25-10-1-2-18(25)13-26-20(27)12-15-14-29-11-7-19(15)24-26/h3-6,12,18H,1-2,7-11,13-14H2. The number of hydrogen-bond acceptors (Lipinski definition) is 4. The summed E-state index contributed by atoms with van der Waals surface area (Å²) in [5.41, 5.74) is 2.38. The van der Waals surface area contributed by atoms with Gasteiger partial charge in [0, 0.05) is 24.8 Å². The number of hydrogen-bond donors (Lipinski definition) is 0. The molecule has 29 heavy (non-hydrogen) atoms. The zero-order chi connectivity index (χ0) is 20.0. The van der Waals surface area contributed by atoms with Crippen molar-refractivity contribution >= 4 is 17.7 Å². The molecule has 5 nitrogen and oxygen atoms in total. The molecule has 0 bridgehead atoms. The molecule has 3 aliphatic rings. The van der Waals surface area contributed by atoms with Gasteiger partial charge >= 0.3 is 0 Å². The Morgan fingerprint density at radius 3 is 2.83 bits per heavy atom. The highest BCUT2D eigenvalue weighted by Crippen LogP contribution is 2.50. The highest BCUT2D eigenvalue weighted by Gasteiger charge is 2.54. The highest BCUT2D eigenvalue weighted by molar-refractivity contribution is 7.98. The number of carbonyl (C=O) groups is 1. The number of halogens is 1. The van der Waals surface area contributed by atoms with Gasteiger partial charge in [-0.25, -0.2) is 9.07 Å². The average molecular weight is 414 g/mol. The third kappa shape index (κ3) is 3.39. The van der Waals surface area contributed by atoms with Crippen LogP contribution in [0.4, 0.5) is 4.39 Å². The number of thioether (sulfide) groups is 1. The average Bonchev–Trinajstić information content (AvgIpc) is 3.41. The summed E-state index contributed by atoms with van der Waals surface area (Å²) in [6, 6.07) is 8.04. The Labute approximate surface area is 173 Å². The summed E-state index contributed by atoms with van der Waals surface area (Å²) in [7, 11) is 0. The van der Waals surface area contributed by atoms with Gasteiger partial charge in [0.1, 0.15) is 5.82 Å². The topological polar surface area (TPSA) is 55.2 Å². The van der Waals surface area contributed by atoms with Crippen LogP contribution in [0.2, 0.25) is 0 Å². The summed E-state index contributed by atoms with van der Waals surface area (Å²) in [5.74, 6) is 1.72. The second-order valence-electron chi connectivity index (χ2n) is 8.32. The van der Waals surface area contributed by atoms with E-state index in [4.69, 9.17) is 0 Å². The van der Waals surface area contributed by atoms with E-state index in [2.05, 4.69) is 5.10 Å². The van der Waals surface area contributed by atoms with Crippen molar-refractivity contribution in [2.24, 2.45) is 0 Å². The van der Waals surface area contributed by atoms with Crippen molar-refractivity contribution in [2.75, 3.05) is 12.3 Å². The van der Waals surface area contributed by atoms with Crippen LogP contribution in [-0.4, -0.2) is 38.9 Å². The molecule has 1 aliphatic carbocycles. The zero-order valence-corrected chi connectivity index (χ0v) is 17.1. The number of aromatic nitrogens is 2. The molecule has 2 fully saturated rings. The van der Waals surface area contributed by atoms with E-state index in [1.165, 1.54) is 12.1 Å². The summed E-state index contributed by atoms with van der Waals surface area (Å²) in [6.45, 7) is 1.16. The first kappa shape index (κ1) is 18.9. The van der Waals surface area contributed by atoms with Crippen molar-refractivity contribution in [3.63, 3.8) is 0 Å². The molecule has 1 amide bonds. The number of amides is 1. The molecule has 1 aromatic carbocycles. The highest BCUT2D eigenvalue weighted by atomic mass is 32.2. The number of aryl methyl sites for hydroxylation is 1. The smallest absolute Gasteiger partial charge is 0.267 e. The van der Waals surface area contributed by atoms with Crippen molar-refractivity contribution in [2.45, 2.75) is 55.9 Å². The van der Waals surface area contributed by atoms with Crippen LogP contribution in [0.15, 0.2) is 35.1 Å². The van der Waals surface area contributed by atoms with Crippen molar-refractivity contribution in [1.29, 1.82) is 0 Å². The normalized spacial score (nSPS) is 22.4. The SMILES string of the molecule is O=C(N1CCCC1Cn1nc2c(cc1=O)CSCC2)C1(c2ccc(F)cc2)CC1. The maximum atomic E-state index is 13.5. The van der Waals surface area contributed by atoms with Gasteiger partial charge in [0.15, 0.2) is 0 Å². The van der Waals surface area contributed by atoms with Gasteiger partial charge in [-0.1, -0.05) is 12.1 Å². The van der Waals surface area contributed by atoms with Crippen molar-refractivity contribution in [3.8, 4) is 0 Å². The second-order valence-corrected chi connectivity index (χ2v) is 9.43. The van der Waals surface area contributed by atoms with Gasteiger partial charge in [-0.15, -0.1) is 0 Å². The van der Waals surface area contributed by atoms with Crippen LogP contribution in [0.25, 0.3) is 0 Å². The van der Waals surface area contributed by atoms with Gasteiger partial charge in [-0.05, 0) is 54.7 Å². The van der Waals surface area contributed by atoms with Gasteiger partial charge < -0.3 is 4.90 Å². The van der Waals surface area contributed by atoms with Crippen LogP contribution in [0.1, 0.15) is 42.5 Å². The minimum absolute atomic E-state index is 0.0124. The number of benzene rings is 1. The fraction of sp³-hybridized carbons (Fsp3) is 0.500. The van der Waals surface area contributed by atoms with Gasteiger partial charge in [-0.3, -0.25) is 9.59 Å². The van der Waals surface area contributed by atoms with E-state index >= 15 is 0 Å². The maximum absolute atomic E-state index is 13.5. The Morgan fingerprint density at radius 2 is 2.07 bits per heavy atom. The van der Waals surface area contributed by atoms with E-state index in [-0.39, 0.29) is 23.3 Å². The molecule has 3 heterocycles. The third-order valence-corrected chi connectivity index (χ3v) is 7.49. The molecular weight excluding hydrogens is 389 g/mol. The van der Waals surface area contributed by atoms with E-state index in [1.807, 2.05) is 16.7 Å². The Balaban J connectivity index is 1.37. The Kier molecular flexibility index (Phi) is 4.73. The van der Waals surface area contributed by atoms with E-state index in [1.54, 1.807) is 22.9 Å².